The molecule has 25 heavy (non-hydrogen) atoms. The molecule has 8 nitrogen and oxygen atoms in total. The zero-order chi connectivity index (χ0) is 17.8. The van der Waals surface area contributed by atoms with Crippen LogP contribution in [0.2, 0.25) is 0 Å². The van der Waals surface area contributed by atoms with Gasteiger partial charge in [0.1, 0.15) is 13.2 Å². The molecule has 1 aromatic carbocycles. The number of carbonyl (C=O) groups excluding carboxylic acids is 3. The number of ether oxygens (including phenoxy) is 3. The number of carbonyl (C=O) groups is 3. The van der Waals surface area contributed by atoms with Gasteiger partial charge in [0.25, 0.3) is 5.91 Å². The van der Waals surface area contributed by atoms with Gasteiger partial charge in [0.2, 0.25) is 0 Å². The zero-order valence-corrected chi connectivity index (χ0v) is 13.7. The van der Waals surface area contributed by atoms with Crippen LogP contribution in [0.5, 0.6) is 11.5 Å². The minimum Gasteiger partial charge on any atom is -0.486 e. The van der Waals surface area contributed by atoms with Gasteiger partial charge in [-0.3, -0.25) is 9.69 Å². The van der Waals surface area contributed by atoms with Crippen LogP contribution in [0.15, 0.2) is 24.3 Å². The molecule has 1 saturated heterocycles. The summed E-state index contributed by atoms with van der Waals surface area (Å²) in [6.07, 6.45) is 1.74. The minimum absolute atomic E-state index is 0.270. The third kappa shape index (κ3) is 3.90. The van der Waals surface area contributed by atoms with Gasteiger partial charge in [-0.05, 0) is 30.7 Å². The highest BCUT2D eigenvalue weighted by Crippen LogP contribution is 2.31. The number of nitrogens with one attached hydrogen (secondary N) is 1. The summed E-state index contributed by atoms with van der Waals surface area (Å²) in [5.41, 5.74) is 0.735. The second-order valence-corrected chi connectivity index (χ2v) is 5.54. The topological polar surface area (TPSA) is 94.2 Å². The second kappa shape index (κ2) is 7.25. The van der Waals surface area contributed by atoms with Crippen LogP contribution in [0.1, 0.15) is 12.5 Å². The molecule has 3 amide bonds. The van der Waals surface area contributed by atoms with E-state index in [1.54, 1.807) is 24.3 Å². The Bertz CT molecular complexity index is 730. The van der Waals surface area contributed by atoms with Crippen LogP contribution in [-0.4, -0.2) is 55.2 Å². The van der Waals surface area contributed by atoms with Crippen molar-refractivity contribution >= 4 is 24.0 Å². The molecule has 3 rings (SSSR count). The van der Waals surface area contributed by atoms with Crippen molar-refractivity contribution in [1.29, 1.82) is 0 Å². The number of fused-ring (bicyclic) bond motifs is 1. The van der Waals surface area contributed by atoms with Crippen molar-refractivity contribution in [1.82, 2.24) is 10.2 Å². The number of urea groups is 1. The van der Waals surface area contributed by atoms with Crippen LogP contribution in [-0.2, 0) is 14.3 Å². The second-order valence-electron chi connectivity index (χ2n) is 5.54. The van der Waals surface area contributed by atoms with Gasteiger partial charge in [0.05, 0.1) is 0 Å². The van der Waals surface area contributed by atoms with Crippen molar-refractivity contribution < 1.29 is 28.6 Å². The van der Waals surface area contributed by atoms with E-state index >= 15 is 0 Å². The summed E-state index contributed by atoms with van der Waals surface area (Å²) in [5.74, 6) is 0.0610. The molecule has 0 bridgehead atoms. The first-order chi connectivity index (χ1) is 12.0. The maximum absolute atomic E-state index is 12.1. The van der Waals surface area contributed by atoms with Crippen molar-refractivity contribution in [2.24, 2.45) is 0 Å². The summed E-state index contributed by atoms with van der Waals surface area (Å²) >= 11 is 0. The van der Waals surface area contributed by atoms with Gasteiger partial charge in [-0.15, -0.1) is 0 Å². The fraction of sp³-hybridized carbons (Fsp3) is 0.353. The van der Waals surface area contributed by atoms with Crippen molar-refractivity contribution in [2.75, 3.05) is 26.3 Å². The Balaban J connectivity index is 1.57. The lowest BCUT2D eigenvalue weighted by atomic mass is 10.2. The Morgan fingerprint density at radius 2 is 2.04 bits per heavy atom. The maximum atomic E-state index is 12.1. The SMILES string of the molecule is C[C@H](OC(=O)/C=C/c1ccc2c(c1)OCCO2)C(=O)N1CCNC1=O. The van der Waals surface area contributed by atoms with Gasteiger partial charge in [-0.2, -0.15) is 0 Å². The lowest BCUT2D eigenvalue weighted by Gasteiger charge is -2.18. The fourth-order valence-electron chi connectivity index (χ4n) is 2.49. The Hall–Kier alpha value is -3.03. The fourth-order valence-corrected chi connectivity index (χ4v) is 2.49. The molecule has 8 heteroatoms. The monoisotopic (exact) mass is 346 g/mol. The molecule has 0 saturated carbocycles. The van der Waals surface area contributed by atoms with Crippen LogP contribution in [0.25, 0.3) is 6.08 Å². The van der Waals surface area contributed by atoms with Gasteiger partial charge in [0, 0.05) is 19.2 Å². The number of rotatable bonds is 4. The molecular weight excluding hydrogens is 328 g/mol. The number of amides is 3. The molecule has 1 fully saturated rings. The van der Waals surface area contributed by atoms with Gasteiger partial charge in [0.15, 0.2) is 17.6 Å². The standard InChI is InChI=1S/C17H18N2O6/c1-11(16(21)19-7-6-18-17(19)22)25-15(20)5-3-12-2-4-13-14(10-12)24-9-8-23-13/h2-5,10-11H,6-9H2,1H3,(H,18,22)/b5-3+/t11-/m0/s1. The van der Waals surface area contributed by atoms with E-state index in [1.807, 2.05) is 0 Å². The van der Waals surface area contributed by atoms with Crippen molar-refractivity contribution in [2.45, 2.75) is 13.0 Å². The number of esters is 1. The van der Waals surface area contributed by atoms with Crippen LogP contribution >= 0.6 is 0 Å². The van der Waals surface area contributed by atoms with E-state index in [0.717, 1.165) is 10.5 Å². The van der Waals surface area contributed by atoms with Crippen LogP contribution in [0, 0.1) is 0 Å². The molecule has 2 aliphatic rings. The molecule has 0 unspecified atom stereocenters. The van der Waals surface area contributed by atoms with Crippen LogP contribution in [0.3, 0.4) is 0 Å². The maximum Gasteiger partial charge on any atom is 0.331 e. The molecule has 132 valence electrons. The van der Waals surface area contributed by atoms with Gasteiger partial charge in [-0.25, -0.2) is 9.59 Å². The Kier molecular flexibility index (Phi) is 4.87. The molecule has 1 atom stereocenters. The summed E-state index contributed by atoms with van der Waals surface area (Å²) in [6, 6.07) is 4.82. The zero-order valence-electron chi connectivity index (χ0n) is 13.7. The Morgan fingerprint density at radius 3 is 2.76 bits per heavy atom. The van der Waals surface area contributed by atoms with Gasteiger partial charge < -0.3 is 19.5 Å². The first-order valence-corrected chi connectivity index (χ1v) is 7.92. The number of imide groups is 1. The summed E-state index contributed by atoms with van der Waals surface area (Å²) in [4.78, 5) is 36.4. The van der Waals surface area contributed by atoms with Crippen LogP contribution < -0.4 is 14.8 Å². The molecule has 1 aromatic rings. The molecule has 0 radical (unpaired) electrons. The van der Waals surface area contributed by atoms with E-state index in [4.69, 9.17) is 14.2 Å². The smallest absolute Gasteiger partial charge is 0.331 e. The third-order valence-electron chi connectivity index (χ3n) is 3.74. The van der Waals surface area contributed by atoms with E-state index < -0.39 is 24.0 Å². The van der Waals surface area contributed by atoms with E-state index in [0.29, 0.717) is 31.3 Å². The molecule has 0 spiro atoms. The van der Waals surface area contributed by atoms with Crippen molar-refractivity contribution in [3.63, 3.8) is 0 Å². The van der Waals surface area contributed by atoms with Crippen molar-refractivity contribution in [3.8, 4) is 11.5 Å². The highest BCUT2D eigenvalue weighted by molar-refractivity contribution is 5.99. The number of nitrogens with zero attached hydrogens (tertiary/aromatic N) is 1. The number of hydrogen-bond acceptors (Lipinski definition) is 6. The summed E-state index contributed by atoms with van der Waals surface area (Å²) in [7, 11) is 0. The van der Waals surface area contributed by atoms with Crippen molar-refractivity contribution in [3.05, 3.63) is 29.8 Å². The minimum atomic E-state index is -1.04. The number of benzene rings is 1. The largest absolute Gasteiger partial charge is 0.486 e. The summed E-state index contributed by atoms with van der Waals surface area (Å²) in [5, 5.41) is 2.52. The normalized spacial score (nSPS) is 17.3. The summed E-state index contributed by atoms with van der Waals surface area (Å²) < 4.78 is 16.0. The predicted molar refractivity (Wildman–Crippen MR) is 87.1 cm³/mol. The number of hydrogen-bond donors (Lipinski definition) is 1. The third-order valence-corrected chi connectivity index (χ3v) is 3.74. The molecule has 0 aromatic heterocycles. The highest BCUT2D eigenvalue weighted by atomic mass is 16.6. The van der Waals surface area contributed by atoms with Gasteiger partial charge >= 0.3 is 12.0 Å². The average molecular weight is 346 g/mol. The Labute approximate surface area is 144 Å². The first kappa shape index (κ1) is 16.8. The van der Waals surface area contributed by atoms with E-state index in [2.05, 4.69) is 5.32 Å². The molecule has 0 aliphatic carbocycles. The van der Waals surface area contributed by atoms with Gasteiger partial charge in [-0.1, -0.05) is 6.07 Å². The molecule has 1 N–H and O–H groups in total. The molecule has 2 aliphatic heterocycles. The Morgan fingerprint density at radius 1 is 1.28 bits per heavy atom. The first-order valence-electron chi connectivity index (χ1n) is 7.92. The average Bonchev–Trinajstić information content (AvgIpc) is 3.05. The van der Waals surface area contributed by atoms with Crippen LogP contribution in [0.4, 0.5) is 4.79 Å². The quantitative estimate of drug-likeness (QED) is 0.644. The lowest BCUT2D eigenvalue weighted by Crippen LogP contribution is -2.41. The van der Waals surface area contributed by atoms with E-state index in [1.165, 1.54) is 13.0 Å². The predicted octanol–water partition coefficient (Wildman–Crippen LogP) is 0.955. The highest BCUT2D eigenvalue weighted by Gasteiger charge is 2.31. The molecular formula is C17H18N2O6. The molecule has 2 heterocycles. The van der Waals surface area contributed by atoms with E-state index in [9.17, 15) is 14.4 Å². The van der Waals surface area contributed by atoms with E-state index in [-0.39, 0.29) is 6.54 Å². The lowest BCUT2D eigenvalue weighted by molar-refractivity contribution is -0.153. The summed E-state index contributed by atoms with van der Waals surface area (Å²) in [6.45, 7) is 3.09.